The second-order valence-corrected chi connectivity index (χ2v) is 9.59. The van der Waals surface area contributed by atoms with Gasteiger partial charge in [-0.15, -0.1) is 0 Å². The van der Waals surface area contributed by atoms with Crippen LogP contribution < -0.4 is 0 Å². The first-order chi connectivity index (χ1) is 15.7. The van der Waals surface area contributed by atoms with E-state index in [-0.39, 0.29) is 5.82 Å². The Morgan fingerprint density at radius 2 is 1.41 bits per heavy atom. The van der Waals surface area contributed by atoms with Gasteiger partial charge >= 0.3 is 0 Å². The summed E-state index contributed by atoms with van der Waals surface area (Å²) >= 11 is 0. The Bertz CT molecular complexity index is 982. The highest BCUT2D eigenvalue weighted by atomic mass is 19.1. The molecule has 3 aromatic carbocycles. The fraction of sp³-hybridized carbons (Fsp3) is 0.379. The number of rotatable bonds is 6. The van der Waals surface area contributed by atoms with Crippen LogP contribution in [0.5, 0.6) is 0 Å². The van der Waals surface area contributed by atoms with E-state index in [1.54, 1.807) is 12.1 Å². The summed E-state index contributed by atoms with van der Waals surface area (Å²) in [7, 11) is 0. The predicted octanol–water partition coefficient (Wildman–Crippen LogP) is 5.92. The molecule has 2 atom stereocenters. The van der Waals surface area contributed by atoms with Crippen molar-refractivity contribution in [3.8, 4) is 0 Å². The average Bonchev–Trinajstić information content (AvgIpc) is 3.23. The molecule has 0 saturated carbocycles. The van der Waals surface area contributed by atoms with Gasteiger partial charge in [-0.1, -0.05) is 72.8 Å². The Kier molecular flexibility index (Phi) is 6.66. The second-order valence-electron chi connectivity index (χ2n) is 9.59. The lowest BCUT2D eigenvalue weighted by Crippen LogP contribution is -2.38. The molecule has 2 fully saturated rings. The van der Waals surface area contributed by atoms with Crippen LogP contribution in [0.25, 0.3) is 0 Å². The van der Waals surface area contributed by atoms with E-state index < -0.39 is 0 Å². The van der Waals surface area contributed by atoms with E-state index in [9.17, 15) is 4.39 Å². The van der Waals surface area contributed by atoms with Crippen molar-refractivity contribution < 1.29 is 4.39 Å². The molecule has 0 N–H and O–H groups in total. The molecular formula is C29H33FN2. The van der Waals surface area contributed by atoms with Crippen LogP contribution in [0.15, 0.2) is 84.9 Å². The fourth-order valence-corrected chi connectivity index (χ4v) is 5.74. The highest BCUT2D eigenvalue weighted by Gasteiger charge is 2.35. The zero-order chi connectivity index (χ0) is 21.8. The quantitative estimate of drug-likeness (QED) is 0.481. The first kappa shape index (κ1) is 21.4. The van der Waals surface area contributed by atoms with Crippen LogP contribution in [-0.4, -0.2) is 42.5 Å². The van der Waals surface area contributed by atoms with Crippen molar-refractivity contribution in [1.82, 2.24) is 9.80 Å². The largest absolute Gasteiger partial charge is 0.303 e. The number of benzene rings is 3. The Hall–Kier alpha value is -2.49. The molecule has 2 heterocycles. The molecule has 0 aliphatic carbocycles. The number of likely N-dealkylation sites (tertiary alicyclic amines) is 2. The number of piperidine rings is 1. The number of hydrogen-bond acceptors (Lipinski definition) is 2. The molecule has 0 aromatic heterocycles. The van der Waals surface area contributed by atoms with Crippen molar-refractivity contribution in [2.45, 2.75) is 31.2 Å². The number of nitrogens with zero attached hydrogens (tertiary/aromatic N) is 2. The van der Waals surface area contributed by atoms with Gasteiger partial charge in [0.05, 0.1) is 0 Å². The van der Waals surface area contributed by atoms with Crippen molar-refractivity contribution in [1.29, 1.82) is 0 Å². The molecule has 2 nitrogen and oxygen atoms in total. The standard InChI is InChI=1S/C29H33FN2/c30-28-13-7-12-26(18-28)29-22-32(19-23-8-3-1-4-9-23)21-27(29)20-31-16-14-25(15-17-31)24-10-5-2-6-11-24/h1-13,18,25,27,29H,14-17,19-22H2/t27-,29+/m0/s1. The molecule has 0 radical (unpaired) electrons. The van der Waals surface area contributed by atoms with Crippen LogP contribution in [0.4, 0.5) is 4.39 Å². The summed E-state index contributed by atoms with van der Waals surface area (Å²) in [6.07, 6.45) is 2.46. The molecule has 166 valence electrons. The summed E-state index contributed by atoms with van der Waals surface area (Å²) in [6.45, 7) is 6.47. The van der Waals surface area contributed by atoms with Gasteiger partial charge in [0.25, 0.3) is 0 Å². The second kappa shape index (κ2) is 9.97. The minimum absolute atomic E-state index is 0.119. The lowest BCUT2D eigenvalue weighted by atomic mass is 9.86. The molecule has 5 rings (SSSR count). The maximum atomic E-state index is 14.0. The van der Waals surface area contributed by atoms with Crippen molar-refractivity contribution in [2.24, 2.45) is 5.92 Å². The number of hydrogen-bond donors (Lipinski definition) is 0. The molecule has 3 aromatic rings. The van der Waals surface area contributed by atoms with Gasteiger partial charge in [-0.3, -0.25) is 4.90 Å². The highest BCUT2D eigenvalue weighted by Crippen LogP contribution is 2.36. The average molecular weight is 429 g/mol. The van der Waals surface area contributed by atoms with E-state index in [4.69, 9.17) is 0 Å². The van der Waals surface area contributed by atoms with Crippen LogP contribution >= 0.6 is 0 Å². The monoisotopic (exact) mass is 428 g/mol. The Balaban J connectivity index is 1.26. The van der Waals surface area contributed by atoms with Crippen molar-refractivity contribution >= 4 is 0 Å². The summed E-state index contributed by atoms with van der Waals surface area (Å²) in [4.78, 5) is 5.22. The summed E-state index contributed by atoms with van der Waals surface area (Å²) in [5.74, 6) is 1.49. The Morgan fingerprint density at radius 1 is 0.719 bits per heavy atom. The highest BCUT2D eigenvalue weighted by molar-refractivity contribution is 5.25. The first-order valence-electron chi connectivity index (χ1n) is 12.0. The minimum Gasteiger partial charge on any atom is -0.303 e. The SMILES string of the molecule is Fc1cccc([C@H]2CN(Cc3ccccc3)C[C@@H]2CN2CCC(c3ccccc3)CC2)c1. The molecule has 32 heavy (non-hydrogen) atoms. The molecule has 0 bridgehead atoms. The van der Waals surface area contributed by atoms with Gasteiger partial charge in [0.15, 0.2) is 0 Å². The van der Waals surface area contributed by atoms with Crippen molar-refractivity contribution in [3.63, 3.8) is 0 Å². The molecule has 2 saturated heterocycles. The summed E-state index contributed by atoms with van der Waals surface area (Å²) in [5.41, 5.74) is 4.00. The van der Waals surface area contributed by atoms with E-state index in [1.165, 1.54) is 24.0 Å². The Labute approximate surface area is 191 Å². The topological polar surface area (TPSA) is 6.48 Å². The normalized spacial score (nSPS) is 22.9. The van der Waals surface area contributed by atoms with Gasteiger partial charge in [0.2, 0.25) is 0 Å². The molecule has 0 amide bonds. The van der Waals surface area contributed by atoms with Gasteiger partial charge < -0.3 is 4.90 Å². The van der Waals surface area contributed by atoms with Gasteiger partial charge in [-0.2, -0.15) is 0 Å². The van der Waals surface area contributed by atoms with E-state index >= 15 is 0 Å². The molecule has 3 heteroatoms. The lowest BCUT2D eigenvalue weighted by Gasteiger charge is -2.35. The van der Waals surface area contributed by atoms with Crippen molar-refractivity contribution in [3.05, 3.63) is 107 Å². The van der Waals surface area contributed by atoms with Gasteiger partial charge in [-0.05, 0) is 66.6 Å². The molecule has 2 aliphatic rings. The van der Waals surface area contributed by atoms with Crippen LogP contribution in [-0.2, 0) is 6.54 Å². The Morgan fingerprint density at radius 3 is 2.12 bits per heavy atom. The zero-order valence-corrected chi connectivity index (χ0v) is 18.7. The van der Waals surface area contributed by atoms with Gasteiger partial charge in [-0.25, -0.2) is 4.39 Å². The van der Waals surface area contributed by atoms with Crippen LogP contribution in [0, 0.1) is 11.7 Å². The van der Waals surface area contributed by atoms with Crippen molar-refractivity contribution in [2.75, 3.05) is 32.7 Å². The number of halogens is 1. The van der Waals surface area contributed by atoms with Crippen LogP contribution in [0.2, 0.25) is 0 Å². The lowest BCUT2D eigenvalue weighted by molar-refractivity contribution is 0.177. The molecule has 0 unspecified atom stereocenters. The van der Waals surface area contributed by atoms with Crippen LogP contribution in [0.3, 0.4) is 0 Å². The zero-order valence-electron chi connectivity index (χ0n) is 18.7. The van der Waals surface area contributed by atoms with E-state index in [2.05, 4.69) is 76.5 Å². The summed E-state index contributed by atoms with van der Waals surface area (Å²) in [5, 5.41) is 0. The van der Waals surface area contributed by atoms with Crippen LogP contribution in [0.1, 0.15) is 41.4 Å². The molecular weight excluding hydrogens is 395 g/mol. The van der Waals surface area contributed by atoms with E-state index in [0.29, 0.717) is 17.8 Å². The smallest absolute Gasteiger partial charge is 0.123 e. The summed E-state index contributed by atoms with van der Waals surface area (Å²) in [6, 6.07) is 29.0. The fourth-order valence-electron chi connectivity index (χ4n) is 5.74. The minimum atomic E-state index is -0.119. The third kappa shape index (κ3) is 5.11. The van der Waals surface area contributed by atoms with E-state index in [0.717, 1.165) is 44.8 Å². The van der Waals surface area contributed by atoms with Gasteiger partial charge in [0.1, 0.15) is 5.82 Å². The third-order valence-corrected chi connectivity index (χ3v) is 7.39. The van der Waals surface area contributed by atoms with Gasteiger partial charge in [0, 0.05) is 32.1 Å². The third-order valence-electron chi connectivity index (χ3n) is 7.39. The summed E-state index contributed by atoms with van der Waals surface area (Å²) < 4.78 is 14.0. The predicted molar refractivity (Wildman–Crippen MR) is 129 cm³/mol. The first-order valence-corrected chi connectivity index (χ1v) is 12.0. The molecule has 2 aliphatic heterocycles. The maximum Gasteiger partial charge on any atom is 0.123 e. The molecule has 0 spiro atoms. The maximum absolute atomic E-state index is 14.0. The van der Waals surface area contributed by atoms with E-state index in [1.807, 2.05) is 6.07 Å².